The topological polar surface area (TPSA) is 59.6 Å². The number of methoxy groups -OCH3 is 2. The number of carbonyl (C=O) groups excluding carboxylic acids is 1. The molecule has 0 heterocycles. The Bertz CT molecular complexity index is 424. The molecule has 1 rings (SSSR count). The molecule has 1 atom stereocenters. The molecule has 0 saturated heterocycles. The Morgan fingerprint density at radius 1 is 1.10 bits per heavy atom. The van der Waals surface area contributed by atoms with Crippen LogP contribution in [-0.2, 0) is 4.79 Å². The van der Waals surface area contributed by atoms with Crippen molar-refractivity contribution in [2.75, 3.05) is 26.1 Å². The fourth-order valence-corrected chi connectivity index (χ4v) is 1.56. The summed E-state index contributed by atoms with van der Waals surface area (Å²) in [7, 11) is 3.19. The predicted octanol–water partition coefficient (Wildman–Crippen LogP) is 2.28. The molecule has 1 aromatic carbocycles. The fourth-order valence-electron chi connectivity index (χ4n) is 1.56. The molecule has 0 aromatic heterocycles. The van der Waals surface area contributed by atoms with Gasteiger partial charge >= 0.3 is 0 Å². The third kappa shape index (κ3) is 4.99. The second-order valence-corrected chi connectivity index (χ2v) is 5.06. The molecule has 5 heteroatoms. The first-order chi connectivity index (χ1) is 9.46. The van der Waals surface area contributed by atoms with E-state index in [1.54, 1.807) is 20.3 Å². The number of anilines is 1. The summed E-state index contributed by atoms with van der Waals surface area (Å²) in [6, 6.07) is 5.58. The van der Waals surface area contributed by atoms with Gasteiger partial charge in [-0.3, -0.25) is 4.79 Å². The number of hydrogen-bond donors (Lipinski definition) is 2. The molecule has 1 unspecified atom stereocenters. The smallest absolute Gasteiger partial charge is 0.239 e. The first kappa shape index (κ1) is 16.1. The average molecular weight is 280 g/mol. The highest BCUT2D eigenvalue weighted by atomic mass is 16.5. The summed E-state index contributed by atoms with van der Waals surface area (Å²) in [6.45, 7) is 6.36. The largest absolute Gasteiger partial charge is 0.497 e. The van der Waals surface area contributed by atoms with Crippen molar-refractivity contribution in [1.82, 2.24) is 5.32 Å². The molecule has 5 nitrogen and oxygen atoms in total. The second kappa shape index (κ2) is 7.62. The van der Waals surface area contributed by atoms with E-state index in [1.807, 2.05) is 19.1 Å². The molecule has 2 N–H and O–H groups in total. The van der Waals surface area contributed by atoms with Gasteiger partial charge in [0, 0.05) is 29.9 Å². The van der Waals surface area contributed by atoms with E-state index in [4.69, 9.17) is 9.47 Å². The van der Waals surface area contributed by atoms with Crippen LogP contribution in [0.1, 0.15) is 20.8 Å². The zero-order valence-corrected chi connectivity index (χ0v) is 12.8. The number of hydrogen-bond acceptors (Lipinski definition) is 4. The highest BCUT2D eigenvalue weighted by Crippen LogP contribution is 2.25. The lowest BCUT2D eigenvalue weighted by Gasteiger charge is -2.18. The van der Waals surface area contributed by atoms with E-state index in [-0.39, 0.29) is 18.5 Å². The summed E-state index contributed by atoms with van der Waals surface area (Å²) >= 11 is 0. The molecule has 0 radical (unpaired) electrons. The van der Waals surface area contributed by atoms with Crippen molar-refractivity contribution in [3.8, 4) is 11.5 Å². The number of rotatable bonds is 7. The van der Waals surface area contributed by atoms with Gasteiger partial charge in [0.2, 0.25) is 5.91 Å². The SMILES string of the molecule is COc1cc(NCC(=O)NC(C)C(C)C)cc(OC)c1. The number of benzene rings is 1. The monoisotopic (exact) mass is 280 g/mol. The Balaban J connectivity index is 2.58. The van der Waals surface area contributed by atoms with E-state index in [0.717, 1.165) is 5.69 Å². The normalized spacial score (nSPS) is 11.9. The number of carbonyl (C=O) groups is 1. The molecule has 0 bridgehead atoms. The van der Waals surface area contributed by atoms with Gasteiger partial charge in [0.05, 0.1) is 20.8 Å². The van der Waals surface area contributed by atoms with Crippen LogP contribution in [0.25, 0.3) is 0 Å². The molecule has 0 spiro atoms. The van der Waals surface area contributed by atoms with Crippen molar-refractivity contribution in [1.29, 1.82) is 0 Å². The van der Waals surface area contributed by atoms with Crippen LogP contribution in [-0.4, -0.2) is 32.7 Å². The molecule has 0 aliphatic carbocycles. The summed E-state index contributed by atoms with van der Waals surface area (Å²) in [6.07, 6.45) is 0. The van der Waals surface area contributed by atoms with Crippen molar-refractivity contribution < 1.29 is 14.3 Å². The molecule has 0 fully saturated rings. The Morgan fingerprint density at radius 2 is 1.65 bits per heavy atom. The first-order valence-electron chi connectivity index (χ1n) is 6.72. The van der Waals surface area contributed by atoms with E-state index < -0.39 is 0 Å². The lowest BCUT2D eigenvalue weighted by atomic mass is 10.1. The van der Waals surface area contributed by atoms with Gasteiger partial charge in [-0.1, -0.05) is 13.8 Å². The van der Waals surface area contributed by atoms with Crippen LogP contribution in [0, 0.1) is 5.92 Å². The van der Waals surface area contributed by atoms with Crippen molar-refractivity contribution in [3.63, 3.8) is 0 Å². The highest BCUT2D eigenvalue weighted by molar-refractivity contribution is 5.81. The summed E-state index contributed by atoms with van der Waals surface area (Å²) in [5.41, 5.74) is 0.786. The van der Waals surface area contributed by atoms with Crippen LogP contribution < -0.4 is 20.1 Å². The molecule has 0 saturated carbocycles. The van der Waals surface area contributed by atoms with Crippen LogP contribution in [0.2, 0.25) is 0 Å². The second-order valence-electron chi connectivity index (χ2n) is 5.06. The van der Waals surface area contributed by atoms with Gasteiger partial charge in [0.15, 0.2) is 0 Å². The molecule has 1 amide bonds. The maximum atomic E-state index is 11.8. The van der Waals surface area contributed by atoms with Gasteiger partial charge < -0.3 is 20.1 Å². The predicted molar refractivity (Wildman–Crippen MR) is 80.5 cm³/mol. The van der Waals surface area contributed by atoms with E-state index in [2.05, 4.69) is 24.5 Å². The molecule has 20 heavy (non-hydrogen) atoms. The van der Waals surface area contributed by atoms with Gasteiger partial charge in [0.1, 0.15) is 11.5 Å². The highest BCUT2D eigenvalue weighted by Gasteiger charge is 2.10. The maximum Gasteiger partial charge on any atom is 0.239 e. The molecular weight excluding hydrogens is 256 g/mol. The van der Waals surface area contributed by atoms with Crippen LogP contribution in [0.5, 0.6) is 11.5 Å². The van der Waals surface area contributed by atoms with Gasteiger partial charge in [0.25, 0.3) is 0 Å². The number of amides is 1. The quantitative estimate of drug-likeness (QED) is 0.804. The third-order valence-electron chi connectivity index (χ3n) is 3.19. The molecule has 0 aliphatic rings. The van der Waals surface area contributed by atoms with Gasteiger partial charge in [-0.05, 0) is 12.8 Å². The Labute approximate surface area is 120 Å². The van der Waals surface area contributed by atoms with Crippen LogP contribution in [0.4, 0.5) is 5.69 Å². The minimum Gasteiger partial charge on any atom is -0.497 e. The lowest BCUT2D eigenvalue weighted by molar-refractivity contribution is -0.120. The average Bonchev–Trinajstić information content (AvgIpc) is 2.44. The molecular formula is C15H24N2O3. The Hall–Kier alpha value is -1.91. The van der Waals surface area contributed by atoms with Crippen molar-refractivity contribution >= 4 is 11.6 Å². The number of nitrogens with one attached hydrogen (secondary N) is 2. The lowest BCUT2D eigenvalue weighted by Crippen LogP contribution is -2.39. The Kier molecular flexibility index (Phi) is 6.15. The fraction of sp³-hybridized carbons (Fsp3) is 0.533. The van der Waals surface area contributed by atoms with Crippen molar-refractivity contribution in [2.24, 2.45) is 5.92 Å². The van der Waals surface area contributed by atoms with E-state index in [0.29, 0.717) is 17.4 Å². The van der Waals surface area contributed by atoms with Crippen LogP contribution in [0.3, 0.4) is 0 Å². The van der Waals surface area contributed by atoms with Gasteiger partial charge in [-0.15, -0.1) is 0 Å². The summed E-state index contributed by atoms with van der Waals surface area (Å²) < 4.78 is 10.4. The van der Waals surface area contributed by atoms with E-state index >= 15 is 0 Å². The van der Waals surface area contributed by atoms with E-state index in [1.165, 1.54) is 0 Å². The first-order valence-corrected chi connectivity index (χ1v) is 6.72. The summed E-state index contributed by atoms with van der Waals surface area (Å²) in [5, 5.41) is 6.01. The van der Waals surface area contributed by atoms with Crippen molar-refractivity contribution in [2.45, 2.75) is 26.8 Å². The molecule has 112 valence electrons. The summed E-state index contributed by atoms with van der Waals surface area (Å²) in [5.74, 6) is 1.74. The van der Waals surface area contributed by atoms with Gasteiger partial charge in [-0.2, -0.15) is 0 Å². The standard InChI is InChI=1S/C15H24N2O3/c1-10(2)11(3)17-15(18)9-16-12-6-13(19-4)8-14(7-12)20-5/h6-8,10-11,16H,9H2,1-5H3,(H,17,18). The maximum absolute atomic E-state index is 11.8. The minimum atomic E-state index is -0.0343. The molecule has 1 aromatic rings. The van der Waals surface area contributed by atoms with E-state index in [9.17, 15) is 4.79 Å². The van der Waals surface area contributed by atoms with Crippen molar-refractivity contribution in [3.05, 3.63) is 18.2 Å². The van der Waals surface area contributed by atoms with Gasteiger partial charge in [-0.25, -0.2) is 0 Å². The van der Waals surface area contributed by atoms with Crippen LogP contribution in [0.15, 0.2) is 18.2 Å². The zero-order valence-electron chi connectivity index (χ0n) is 12.8. The Morgan fingerprint density at radius 3 is 2.10 bits per heavy atom. The third-order valence-corrected chi connectivity index (χ3v) is 3.19. The minimum absolute atomic E-state index is 0.0343. The molecule has 0 aliphatic heterocycles. The number of ether oxygens (including phenoxy) is 2. The summed E-state index contributed by atoms with van der Waals surface area (Å²) in [4.78, 5) is 11.8. The zero-order chi connectivity index (χ0) is 15.1. The van der Waals surface area contributed by atoms with Crippen LogP contribution >= 0.6 is 0 Å².